The fourth-order valence-electron chi connectivity index (χ4n) is 3.47. The molecule has 1 amide bonds. The number of hydrogen-bond donors (Lipinski definition) is 1. The van der Waals surface area contributed by atoms with Gasteiger partial charge < -0.3 is 5.32 Å². The molecule has 2 heterocycles. The van der Waals surface area contributed by atoms with Crippen LogP contribution < -0.4 is 16.6 Å². The first-order valence-corrected chi connectivity index (χ1v) is 10.2. The van der Waals surface area contributed by atoms with Gasteiger partial charge in [-0.25, -0.2) is 18.1 Å². The molecule has 0 bridgehead atoms. The quantitative estimate of drug-likeness (QED) is 0.524. The predicted octanol–water partition coefficient (Wildman–Crippen LogP) is 3.75. The number of amides is 1. The summed E-state index contributed by atoms with van der Waals surface area (Å²) in [5.74, 6) is -2.32. The number of benzene rings is 2. The van der Waals surface area contributed by atoms with Crippen molar-refractivity contribution in [3.63, 3.8) is 0 Å². The van der Waals surface area contributed by atoms with Crippen molar-refractivity contribution in [2.75, 3.05) is 5.32 Å². The minimum atomic E-state index is -0.924. The van der Waals surface area contributed by atoms with E-state index < -0.39 is 28.8 Å². The largest absolute Gasteiger partial charge is 0.336 e. The molecule has 0 radical (unpaired) electrons. The number of aryl methyl sites for hydroxylation is 2. The molecule has 0 aliphatic rings. The van der Waals surface area contributed by atoms with Crippen LogP contribution >= 0.6 is 11.3 Å². The number of fused-ring (bicyclic) bond motifs is 1. The SMILES string of the molecule is Cc1cccc(C)c1NC(=O)Cn1c(=O)n(-c2cc(F)cc(F)c2)c(=O)c2sccc21. The second-order valence-corrected chi connectivity index (χ2v) is 8.00. The summed E-state index contributed by atoms with van der Waals surface area (Å²) in [5, 5.41) is 4.41. The molecular weight excluding hydrogens is 424 g/mol. The van der Waals surface area contributed by atoms with Crippen LogP contribution in [0.3, 0.4) is 0 Å². The van der Waals surface area contributed by atoms with Crippen LogP contribution in [0.15, 0.2) is 57.4 Å². The van der Waals surface area contributed by atoms with Gasteiger partial charge in [0.15, 0.2) is 0 Å². The summed E-state index contributed by atoms with van der Waals surface area (Å²) in [7, 11) is 0. The standard InChI is InChI=1S/C22H17F2N3O3S/c1-12-4-3-5-13(2)19(12)25-18(28)11-26-17-6-7-31-20(17)21(29)27(22(26)30)16-9-14(23)8-15(24)10-16/h3-10H,11H2,1-2H3,(H,25,28). The predicted molar refractivity (Wildman–Crippen MR) is 116 cm³/mol. The van der Waals surface area contributed by atoms with Crippen LogP contribution in [0, 0.1) is 25.5 Å². The van der Waals surface area contributed by atoms with Crippen LogP contribution in [-0.4, -0.2) is 15.0 Å². The molecule has 4 rings (SSSR count). The number of rotatable bonds is 4. The van der Waals surface area contributed by atoms with Gasteiger partial charge in [0, 0.05) is 11.8 Å². The number of halogens is 2. The number of nitrogens with one attached hydrogen (secondary N) is 1. The van der Waals surface area contributed by atoms with Gasteiger partial charge in [0.2, 0.25) is 5.91 Å². The van der Waals surface area contributed by atoms with Crippen molar-refractivity contribution in [2.24, 2.45) is 0 Å². The highest BCUT2D eigenvalue weighted by Gasteiger charge is 2.19. The van der Waals surface area contributed by atoms with E-state index in [0.717, 1.165) is 39.2 Å². The Balaban J connectivity index is 1.83. The van der Waals surface area contributed by atoms with Gasteiger partial charge in [-0.05, 0) is 48.6 Å². The van der Waals surface area contributed by atoms with E-state index in [1.807, 2.05) is 32.0 Å². The maximum Gasteiger partial charge on any atom is 0.336 e. The lowest BCUT2D eigenvalue weighted by Gasteiger charge is -2.14. The summed E-state index contributed by atoms with van der Waals surface area (Å²) in [6, 6.07) is 9.57. The Morgan fingerprint density at radius 2 is 1.68 bits per heavy atom. The van der Waals surface area contributed by atoms with E-state index in [9.17, 15) is 23.2 Å². The maximum atomic E-state index is 13.7. The molecule has 158 valence electrons. The fourth-order valence-corrected chi connectivity index (χ4v) is 4.29. The van der Waals surface area contributed by atoms with Gasteiger partial charge >= 0.3 is 5.69 Å². The Kier molecular flexibility index (Phi) is 5.28. The molecule has 0 aliphatic carbocycles. The third-order valence-corrected chi connectivity index (χ3v) is 5.80. The normalized spacial score (nSPS) is 11.1. The van der Waals surface area contributed by atoms with Gasteiger partial charge in [0.25, 0.3) is 5.56 Å². The number of nitrogens with zero attached hydrogens (tertiary/aromatic N) is 2. The van der Waals surface area contributed by atoms with Crippen LogP contribution in [0.2, 0.25) is 0 Å². The second kappa shape index (κ2) is 7.92. The average Bonchev–Trinajstić information content (AvgIpc) is 3.18. The third-order valence-electron chi connectivity index (χ3n) is 4.91. The lowest BCUT2D eigenvalue weighted by molar-refractivity contribution is -0.116. The van der Waals surface area contributed by atoms with Crippen LogP contribution in [0.25, 0.3) is 15.9 Å². The summed E-state index contributed by atoms with van der Waals surface area (Å²) >= 11 is 1.08. The molecule has 0 fully saturated rings. The average molecular weight is 441 g/mol. The first-order valence-electron chi connectivity index (χ1n) is 9.32. The first-order chi connectivity index (χ1) is 14.8. The van der Waals surface area contributed by atoms with E-state index in [1.54, 1.807) is 11.4 Å². The molecule has 0 saturated heterocycles. The van der Waals surface area contributed by atoms with E-state index in [0.29, 0.717) is 16.3 Å². The molecule has 2 aromatic heterocycles. The van der Waals surface area contributed by atoms with E-state index in [-0.39, 0.29) is 22.4 Å². The van der Waals surface area contributed by atoms with Gasteiger partial charge in [0.05, 0.1) is 11.2 Å². The molecule has 0 saturated carbocycles. The number of thiophene rings is 1. The molecule has 2 aromatic carbocycles. The van der Waals surface area contributed by atoms with E-state index in [4.69, 9.17) is 0 Å². The third kappa shape index (κ3) is 3.79. The Hall–Kier alpha value is -3.59. The van der Waals surface area contributed by atoms with Crippen LogP contribution in [0.1, 0.15) is 11.1 Å². The van der Waals surface area contributed by atoms with E-state index >= 15 is 0 Å². The number of carbonyl (C=O) groups is 1. The molecule has 4 aromatic rings. The van der Waals surface area contributed by atoms with Crippen LogP contribution in [0.5, 0.6) is 0 Å². The Morgan fingerprint density at radius 3 is 2.32 bits per heavy atom. The highest BCUT2D eigenvalue weighted by molar-refractivity contribution is 7.17. The van der Waals surface area contributed by atoms with Gasteiger partial charge in [-0.3, -0.25) is 14.2 Å². The van der Waals surface area contributed by atoms with Crippen molar-refractivity contribution >= 4 is 33.1 Å². The topological polar surface area (TPSA) is 73.1 Å². The molecule has 1 N–H and O–H groups in total. The Bertz CT molecular complexity index is 1410. The van der Waals surface area contributed by atoms with Gasteiger partial charge in [-0.2, -0.15) is 0 Å². The molecule has 0 atom stereocenters. The van der Waals surface area contributed by atoms with Gasteiger partial charge in [0.1, 0.15) is 22.9 Å². The zero-order valence-electron chi connectivity index (χ0n) is 16.6. The number of hydrogen-bond acceptors (Lipinski definition) is 4. The maximum absolute atomic E-state index is 13.7. The zero-order chi connectivity index (χ0) is 22.3. The van der Waals surface area contributed by atoms with Gasteiger partial charge in [-0.1, -0.05) is 18.2 Å². The molecule has 0 spiro atoms. The molecule has 9 heteroatoms. The first kappa shape index (κ1) is 20.7. The smallest absolute Gasteiger partial charge is 0.324 e. The van der Waals surface area contributed by atoms with Crippen LogP contribution in [0.4, 0.5) is 14.5 Å². The lowest BCUT2D eigenvalue weighted by atomic mass is 10.1. The Morgan fingerprint density at radius 1 is 1.03 bits per heavy atom. The zero-order valence-corrected chi connectivity index (χ0v) is 17.4. The summed E-state index contributed by atoms with van der Waals surface area (Å²) in [6.07, 6.45) is 0. The lowest BCUT2D eigenvalue weighted by Crippen LogP contribution is -2.40. The minimum Gasteiger partial charge on any atom is -0.324 e. The summed E-state index contributed by atoms with van der Waals surface area (Å²) in [6.45, 7) is 3.33. The number of aromatic nitrogens is 2. The highest BCUT2D eigenvalue weighted by Crippen LogP contribution is 2.20. The molecule has 0 unspecified atom stereocenters. The molecule has 31 heavy (non-hydrogen) atoms. The summed E-state index contributed by atoms with van der Waals surface area (Å²) in [4.78, 5) is 38.8. The highest BCUT2D eigenvalue weighted by atomic mass is 32.1. The van der Waals surface area contributed by atoms with Crippen molar-refractivity contribution in [1.29, 1.82) is 0 Å². The van der Waals surface area contributed by atoms with Crippen LogP contribution in [-0.2, 0) is 11.3 Å². The fraction of sp³-hybridized carbons (Fsp3) is 0.136. The van der Waals surface area contributed by atoms with Crippen molar-refractivity contribution in [3.8, 4) is 5.69 Å². The summed E-state index contributed by atoms with van der Waals surface area (Å²) < 4.78 is 29.5. The Labute approximate surface area is 179 Å². The van der Waals surface area contributed by atoms with Crippen molar-refractivity contribution < 1.29 is 13.6 Å². The summed E-state index contributed by atoms with van der Waals surface area (Å²) in [5.41, 5.74) is 0.839. The van der Waals surface area contributed by atoms with E-state index in [1.165, 1.54) is 0 Å². The monoisotopic (exact) mass is 441 g/mol. The van der Waals surface area contributed by atoms with Crippen molar-refractivity contribution in [2.45, 2.75) is 20.4 Å². The minimum absolute atomic E-state index is 0.198. The molecule has 6 nitrogen and oxygen atoms in total. The van der Waals surface area contributed by atoms with Crippen molar-refractivity contribution in [3.05, 3.63) is 91.4 Å². The second-order valence-electron chi connectivity index (χ2n) is 7.09. The number of carbonyl (C=O) groups excluding carboxylic acids is 1. The van der Waals surface area contributed by atoms with Crippen molar-refractivity contribution in [1.82, 2.24) is 9.13 Å². The number of anilines is 1. The molecular formula is C22H17F2N3O3S. The number of para-hydroxylation sites is 1. The van der Waals surface area contributed by atoms with E-state index in [2.05, 4.69) is 5.32 Å². The molecule has 0 aliphatic heterocycles. The van der Waals surface area contributed by atoms with Gasteiger partial charge in [-0.15, -0.1) is 11.3 Å².